The molecule has 1 amide bonds. The van der Waals surface area contributed by atoms with Gasteiger partial charge in [0.15, 0.2) is 0 Å². The summed E-state index contributed by atoms with van der Waals surface area (Å²) in [4.78, 5) is 12.0. The lowest BCUT2D eigenvalue weighted by atomic mass is 9.91. The molecule has 0 bridgehead atoms. The van der Waals surface area contributed by atoms with Crippen LogP contribution in [0.3, 0.4) is 0 Å². The van der Waals surface area contributed by atoms with Crippen molar-refractivity contribution in [1.29, 1.82) is 0 Å². The van der Waals surface area contributed by atoms with Gasteiger partial charge in [-0.1, -0.05) is 12.2 Å². The molecule has 0 N–H and O–H groups in total. The van der Waals surface area contributed by atoms with Crippen LogP contribution in [0, 0.1) is 5.92 Å². The highest BCUT2D eigenvalue weighted by Gasteiger charge is 2.81. The molecule has 0 spiro atoms. The molecular formula is C12H12F9NO. The Balaban J connectivity index is 3.03. The van der Waals surface area contributed by atoms with E-state index in [1.54, 1.807) is 0 Å². The monoisotopic (exact) mass is 357 g/mol. The van der Waals surface area contributed by atoms with Crippen molar-refractivity contribution in [2.45, 2.75) is 37.3 Å². The van der Waals surface area contributed by atoms with Gasteiger partial charge >= 0.3 is 23.9 Å². The maximum Gasteiger partial charge on any atom is 0.460 e. The van der Waals surface area contributed by atoms with E-state index in [0.29, 0.717) is 0 Å². The first kappa shape index (κ1) is 19.6. The SMILES string of the molecule is C=C1CN(C(C)=O)C[C@@H]1CC(F)(F)C(F)(F)C(F)(F)C(F)(F)F. The fourth-order valence-electron chi connectivity index (χ4n) is 2.13. The summed E-state index contributed by atoms with van der Waals surface area (Å²) in [5.74, 6) is -21.3. The number of halogens is 9. The van der Waals surface area contributed by atoms with E-state index in [4.69, 9.17) is 0 Å². The predicted molar refractivity (Wildman–Crippen MR) is 60.4 cm³/mol. The molecule has 1 saturated heterocycles. The molecule has 134 valence electrons. The lowest BCUT2D eigenvalue weighted by molar-refractivity contribution is -0.397. The third-order valence-electron chi connectivity index (χ3n) is 3.57. The number of amides is 1. The second-order valence-corrected chi connectivity index (χ2v) is 5.31. The molecule has 0 aliphatic carbocycles. The van der Waals surface area contributed by atoms with Crippen LogP contribution in [0.2, 0.25) is 0 Å². The molecule has 0 unspecified atom stereocenters. The van der Waals surface area contributed by atoms with Crippen LogP contribution in [0.1, 0.15) is 13.3 Å². The first-order valence-electron chi connectivity index (χ1n) is 6.18. The maximum atomic E-state index is 13.5. The van der Waals surface area contributed by atoms with Crippen molar-refractivity contribution in [1.82, 2.24) is 4.90 Å². The summed E-state index contributed by atoms with van der Waals surface area (Å²) < 4.78 is 115. The van der Waals surface area contributed by atoms with Crippen molar-refractivity contribution < 1.29 is 44.3 Å². The second kappa shape index (κ2) is 5.59. The second-order valence-electron chi connectivity index (χ2n) is 5.31. The Labute approximate surface area is 124 Å². The lowest BCUT2D eigenvalue weighted by Gasteiger charge is -2.34. The maximum absolute atomic E-state index is 13.5. The normalized spacial score (nSPS) is 21.0. The molecule has 1 aliphatic heterocycles. The van der Waals surface area contributed by atoms with Crippen molar-refractivity contribution >= 4 is 5.91 Å². The molecule has 0 aromatic rings. The Morgan fingerprint density at radius 1 is 1.09 bits per heavy atom. The Morgan fingerprint density at radius 3 is 1.91 bits per heavy atom. The summed E-state index contributed by atoms with van der Waals surface area (Å²) in [5, 5.41) is 0. The van der Waals surface area contributed by atoms with Crippen molar-refractivity contribution in [3.63, 3.8) is 0 Å². The van der Waals surface area contributed by atoms with Crippen molar-refractivity contribution in [2.24, 2.45) is 5.92 Å². The summed E-state index contributed by atoms with van der Waals surface area (Å²) in [5.41, 5.74) is -0.119. The highest BCUT2D eigenvalue weighted by molar-refractivity contribution is 5.74. The van der Waals surface area contributed by atoms with Gasteiger partial charge in [-0.2, -0.15) is 39.5 Å². The van der Waals surface area contributed by atoms with E-state index in [1.165, 1.54) is 0 Å². The van der Waals surface area contributed by atoms with Crippen molar-refractivity contribution in [2.75, 3.05) is 13.1 Å². The first-order valence-corrected chi connectivity index (χ1v) is 6.18. The van der Waals surface area contributed by atoms with E-state index in [2.05, 4.69) is 6.58 Å². The van der Waals surface area contributed by atoms with Gasteiger partial charge in [-0.05, 0) is 0 Å². The van der Waals surface area contributed by atoms with E-state index < -0.39 is 48.7 Å². The molecule has 1 aliphatic rings. The first-order chi connectivity index (χ1) is 10.0. The van der Waals surface area contributed by atoms with Gasteiger partial charge in [0.25, 0.3) is 0 Å². The number of carbonyl (C=O) groups excluding carboxylic acids is 1. The average Bonchev–Trinajstić information content (AvgIpc) is 2.68. The fraction of sp³-hybridized carbons (Fsp3) is 0.750. The molecule has 1 fully saturated rings. The van der Waals surface area contributed by atoms with E-state index >= 15 is 0 Å². The van der Waals surface area contributed by atoms with Crippen LogP contribution in [0.25, 0.3) is 0 Å². The van der Waals surface area contributed by atoms with Crippen molar-refractivity contribution in [3.05, 3.63) is 12.2 Å². The number of nitrogens with zero attached hydrogens (tertiary/aromatic N) is 1. The quantitative estimate of drug-likeness (QED) is 0.552. The summed E-state index contributed by atoms with van der Waals surface area (Å²) in [7, 11) is 0. The number of likely N-dealkylation sites (tertiary alicyclic amines) is 1. The molecule has 1 heterocycles. The highest BCUT2D eigenvalue weighted by atomic mass is 19.4. The van der Waals surface area contributed by atoms with Crippen molar-refractivity contribution in [3.8, 4) is 0 Å². The Bertz CT molecular complexity index is 497. The van der Waals surface area contributed by atoms with Crippen LogP contribution < -0.4 is 0 Å². The van der Waals surface area contributed by atoms with E-state index in [1.807, 2.05) is 0 Å². The minimum Gasteiger partial charge on any atom is -0.338 e. The molecule has 0 aromatic carbocycles. The Hall–Kier alpha value is -1.42. The van der Waals surface area contributed by atoms with Crippen LogP contribution in [0.4, 0.5) is 39.5 Å². The minimum atomic E-state index is -6.90. The highest BCUT2D eigenvalue weighted by Crippen LogP contribution is 2.55. The summed E-state index contributed by atoms with van der Waals surface area (Å²) in [6, 6.07) is 0. The van der Waals surface area contributed by atoms with Crippen LogP contribution in [-0.2, 0) is 4.79 Å². The fourth-order valence-corrected chi connectivity index (χ4v) is 2.13. The van der Waals surface area contributed by atoms with Gasteiger partial charge < -0.3 is 4.90 Å². The van der Waals surface area contributed by atoms with Gasteiger partial charge in [0, 0.05) is 32.4 Å². The third-order valence-corrected chi connectivity index (χ3v) is 3.57. The molecule has 1 atom stereocenters. The smallest absolute Gasteiger partial charge is 0.338 e. The Morgan fingerprint density at radius 2 is 1.57 bits per heavy atom. The van der Waals surface area contributed by atoms with Gasteiger partial charge in [0.05, 0.1) is 0 Å². The predicted octanol–water partition coefficient (Wildman–Crippen LogP) is 3.88. The molecule has 2 nitrogen and oxygen atoms in total. The van der Waals surface area contributed by atoms with Gasteiger partial charge in [-0.3, -0.25) is 4.79 Å². The zero-order chi connectivity index (χ0) is 18.4. The number of alkyl halides is 9. The standard InChI is InChI=1S/C12H12F9NO/c1-6-4-22(7(2)23)5-8(6)3-9(13,14)10(15,16)11(17,18)12(19,20)21/h8H,1,3-5H2,2H3/t8-/m0/s1. The van der Waals surface area contributed by atoms with Crippen LogP contribution in [-0.4, -0.2) is 47.8 Å². The number of rotatable bonds is 4. The molecular weight excluding hydrogens is 345 g/mol. The van der Waals surface area contributed by atoms with E-state index in [0.717, 1.165) is 11.8 Å². The molecule has 0 saturated carbocycles. The molecule has 11 heteroatoms. The topological polar surface area (TPSA) is 20.3 Å². The molecule has 1 rings (SSSR count). The average molecular weight is 357 g/mol. The summed E-state index contributed by atoms with van der Waals surface area (Å²) in [6.45, 7) is 3.56. The molecule has 23 heavy (non-hydrogen) atoms. The number of carbonyl (C=O) groups is 1. The van der Waals surface area contributed by atoms with Crippen LogP contribution in [0.5, 0.6) is 0 Å². The van der Waals surface area contributed by atoms with Gasteiger partial charge in [-0.15, -0.1) is 0 Å². The Kier molecular flexibility index (Phi) is 4.77. The van der Waals surface area contributed by atoms with Crippen LogP contribution >= 0.6 is 0 Å². The van der Waals surface area contributed by atoms with Gasteiger partial charge in [-0.25, -0.2) is 0 Å². The van der Waals surface area contributed by atoms with E-state index in [-0.39, 0.29) is 12.1 Å². The van der Waals surface area contributed by atoms with Gasteiger partial charge in [0.1, 0.15) is 0 Å². The van der Waals surface area contributed by atoms with E-state index in [9.17, 15) is 44.3 Å². The molecule has 0 radical (unpaired) electrons. The van der Waals surface area contributed by atoms with Crippen LogP contribution in [0.15, 0.2) is 12.2 Å². The zero-order valence-corrected chi connectivity index (χ0v) is 11.7. The number of hydrogen-bond acceptors (Lipinski definition) is 1. The third kappa shape index (κ3) is 3.27. The number of hydrogen-bond donors (Lipinski definition) is 0. The lowest BCUT2D eigenvalue weighted by Crippen LogP contribution is -2.61. The minimum absolute atomic E-state index is 0.119. The largest absolute Gasteiger partial charge is 0.460 e. The summed E-state index contributed by atoms with van der Waals surface area (Å²) in [6.07, 6.45) is -8.81. The van der Waals surface area contributed by atoms with Gasteiger partial charge in [0.2, 0.25) is 5.91 Å². The summed E-state index contributed by atoms with van der Waals surface area (Å²) >= 11 is 0. The zero-order valence-electron chi connectivity index (χ0n) is 11.7. The molecule has 0 aromatic heterocycles.